The van der Waals surface area contributed by atoms with Crippen LogP contribution in [-0.4, -0.2) is 153 Å². The van der Waals surface area contributed by atoms with Gasteiger partial charge in [0.05, 0.1) is 85.2 Å². The van der Waals surface area contributed by atoms with E-state index in [4.69, 9.17) is 28.4 Å². The first-order valence-corrected chi connectivity index (χ1v) is 17.2. The number of hydrogen-bond donors (Lipinski definition) is 2. The van der Waals surface area contributed by atoms with Gasteiger partial charge in [-0.3, -0.25) is 19.3 Å². The van der Waals surface area contributed by atoms with Gasteiger partial charge in [0.2, 0.25) is 12.3 Å². The van der Waals surface area contributed by atoms with Crippen LogP contribution in [0.25, 0.3) is 0 Å². The topological polar surface area (TPSA) is 161 Å². The number of morpholine rings is 1. The molecule has 2 rings (SSSR count). The van der Waals surface area contributed by atoms with Crippen molar-refractivity contribution in [2.45, 2.75) is 34.1 Å². The monoisotopic (exact) mass is 681 g/mol. The molecule has 0 bridgehead atoms. The minimum absolute atomic E-state index is 0.0232. The van der Waals surface area contributed by atoms with E-state index >= 15 is 0 Å². The fourth-order valence-electron chi connectivity index (χ4n) is 5.81. The molecule has 0 aliphatic carbocycles. The van der Waals surface area contributed by atoms with Crippen LogP contribution in [0.3, 0.4) is 0 Å². The lowest BCUT2D eigenvalue weighted by Crippen LogP contribution is -2.41. The van der Waals surface area contributed by atoms with Crippen molar-refractivity contribution in [2.75, 3.05) is 125 Å². The first-order chi connectivity index (χ1) is 23.2. The quantitative estimate of drug-likeness (QED) is 0.0577. The molecule has 2 atom stereocenters. The molecule has 2 fully saturated rings. The van der Waals surface area contributed by atoms with Crippen LogP contribution in [0, 0.1) is 34.5 Å². The molecule has 0 saturated carbocycles. The van der Waals surface area contributed by atoms with Crippen molar-refractivity contribution in [3.63, 3.8) is 0 Å². The molecule has 0 aromatic carbocycles. The second kappa shape index (κ2) is 24.5. The lowest BCUT2D eigenvalue weighted by Gasteiger charge is -2.33. The summed E-state index contributed by atoms with van der Waals surface area (Å²) >= 11 is 0. The van der Waals surface area contributed by atoms with Crippen LogP contribution in [0.2, 0.25) is 0 Å². The number of nitriles is 1. The van der Waals surface area contributed by atoms with Crippen molar-refractivity contribution in [1.82, 2.24) is 20.4 Å². The summed E-state index contributed by atoms with van der Waals surface area (Å²) in [5.41, 5.74) is -0.233. The van der Waals surface area contributed by atoms with Gasteiger partial charge in [0.1, 0.15) is 11.6 Å². The average Bonchev–Trinajstić information content (AvgIpc) is 3.47. The molecule has 0 unspecified atom stereocenters. The van der Waals surface area contributed by atoms with E-state index in [9.17, 15) is 19.6 Å². The predicted octanol–water partition coefficient (Wildman–Crippen LogP) is 0.861. The molecule has 14 heteroatoms. The van der Waals surface area contributed by atoms with Crippen molar-refractivity contribution in [1.29, 1.82) is 5.26 Å². The fourth-order valence-corrected chi connectivity index (χ4v) is 5.81. The van der Waals surface area contributed by atoms with Crippen LogP contribution in [-0.2, 0) is 42.8 Å². The maximum absolute atomic E-state index is 13.5. The van der Waals surface area contributed by atoms with Gasteiger partial charge >= 0.3 is 0 Å². The molecule has 0 spiro atoms. The van der Waals surface area contributed by atoms with Gasteiger partial charge in [-0.25, -0.2) is 0 Å². The SMILES string of the molecule is CC(C)C[C@@H]1CN(C(=O)/C(C#N)=C/C(C)(C)CN2CCOCC2)C[C@H]1C(=O)NCCOCCOCCOCCOCCOCCNC=O. The Morgan fingerprint density at radius 1 is 0.896 bits per heavy atom. The molecule has 274 valence electrons. The van der Waals surface area contributed by atoms with E-state index in [1.54, 1.807) is 11.0 Å². The van der Waals surface area contributed by atoms with E-state index in [1.165, 1.54) is 0 Å². The number of hydrogen-bond acceptors (Lipinski definition) is 11. The number of carbonyl (C=O) groups excluding carboxylic acids is 3. The van der Waals surface area contributed by atoms with Crippen LogP contribution in [0.5, 0.6) is 0 Å². The molecule has 2 aliphatic rings. The van der Waals surface area contributed by atoms with Crippen LogP contribution in [0.15, 0.2) is 11.6 Å². The van der Waals surface area contributed by atoms with E-state index < -0.39 is 0 Å². The molecule has 48 heavy (non-hydrogen) atoms. The number of amides is 3. The third-order valence-corrected chi connectivity index (χ3v) is 7.97. The van der Waals surface area contributed by atoms with E-state index in [0.717, 1.165) is 26.1 Å². The van der Waals surface area contributed by atoms with Gasteiger partial charge in [-0.2, -0.15) is 5.26 Å². The third-order valence-electron chi connectivity index (χ3n) is 7.97. The molecular formula is C34H59N5O9. The Kier molecular flexibility index (Phi) is 21.2. The largest absolute Gasteiger partial charge is 0.379 e. The predicted molar refractivity (Wildman–Crippen MR) is 179 cm³/mol. The first-order valence-electron chi connectivity index (χ1n) is 17.2. The highest BCUT2D eigenvalue weighted by molar-refractivity contribution is 5.98. The summed E-state index contributed by atoms with van der Waals surface area (Å²) in [6, 6.07) is 2.14. The normalized spacial score (nSPS) is 19.0. The number of likely N-dealkylation sites (tertiary alicyclic amines) is 1. The molecular weight excluding hydrogens is 622 g/mol. The Morgan fingerprint density at radius 2 is 1.44 bits per heavy atom. The van der Waals surface area contributed by atoms with Crippen molar-refractivity contribution >= 4 is 18.2 Å². The summed E-state index contributed by atoms with van der Waals surface area (Å²) < 4.78 is 32.7. The van der Waals surface area contributed by atoms with Gasteiger partial charge in [-0.05, 0) is 23.7 Å². The van der Waals surface area contributed by atoms with Crippen molar-refractivity contribution in [2.24, 2.45) is 23.2 Å². The average molecular weight is 682 g/mol. The minimum Gasteiger partial charge on any atom is -0.379 e. The van der Waals surface area contributed by atoms with E-state index in [-0.39, 0.29) is 34.6 Å². The van der Waals surface area contributed by atoms with Crippen molar-refractivity contribution in [3.8, 4) is 6.07 Å². The summed E-state index contributed by atoms with van der Waals surface area (Å²) in [6.45, 7) is 18.0. The van der Waals surface area contributed by atoms with Gasteiger partial charge in [0, 0.05) is 45.8 Å². The zero-order chi connectivity index (χ0) is 35.0. The Morgan fingerprint density at radius 3 is 1.96 bits per heavy atom. The van der Waals surface area contributed by atoms with Crippen LogP contribution < -0.4 is 10.6 Å². The zero-order valence-electron chi connectivity index (χ0n) is 29.5. The third kappa shape index (κ3) is 17.7. The molecule has 0 aromatic rings. The molecule has 3 amide bonds. The smallest absolute Gasteiger partial charge is 0.264 e. The molecule has 0 radical (unpaired) electrons. The summed E-state index contributed by atoms with van der Waals surface area (Å²) in [5, 5.41) is 15.4. The lowest BCUT2D eigenvalue weighted by atomic mass is 9.87. The Hall–Kier alpha value is -2.64. The van der Waals surface area contributed by atoms with Gasteiger partial charge in [-0.1, -0.05) is 33.8 Å². The van der Waals surface area contributed by atoms with Crippen LogP contribution in [0.1, 0.15) is 34.1 Å². The van der Waals surface area contributed by atoms with E-state index in [1.807, 2.05) is 13.8 Å². The fraction of sp³-hybridized carbons (Fsp3) is 0.824. The highest BCUT2D eigenvalue weighted by atomic mass is 16.6. The maximum atomic E-state index is 13.5. The van der Waals surface area contributed by atoms with Gasteiger partial charge < -0.3 is 44.0 Å². The minimum atomic E-state index is -0.366. The molecule has 2 saturated heterocycles. The summed E-state index contributed by atoms with van der Waals surface area (Å²) in [5.74, 6) is -0.338. The lowest BCUT2D eigenvalue weighted by molar-refractivity contribution is -0.127. The van der Waals surface area contributed by atoms with Gasteiger partial charge in [0.25, 0.3) is 5.91 Å². The van der Waals surface area contributed by atoms with Gasteiger partial charge in [-0.15, -0.1) is 0 Å². The summed E-state index contributed by atoms with van der Waals surface area (Å²) in [7, 11) is 0. The highest BCUT2D eigenvalue weighted by Gasteiger charge is 2.40. The standard InChI is InChI=1S/C34H59N5O9/c1-28(2)21-29-24-39(33(42)30(23-35)22-34(3,4)26-38-7-11-45-12-8-38)25-31(29)32(41)37-6-10-44-14-16-47-18-20-48-19-17-46-15-13-43-9-5-36-27-40/h22,27-29,31H,5-21,24-26H2,1-4H3,(H,36,40)(H,37,41)/b30-22+/t29-,31-/m1/s1. The number of nitrogens with zero attached hydrogens (tertiary/aromatic N) is 3. The summed E-state index contributed by atoms with van der Waals surface area (Å²) in [6.07, 6.45) is 3.25. The van der Waals surface area contributed by atoms with Crippen molar-refractivity contribution < 1.29 is 42.8 Å². The van der Waals surface area contributed by atoms with Crippen molar-refractivity contribution in [3.05, 3.63) is 11.6 Å². The molecule has 0 aromatic heterocycles. The second-order valence-electron chi connectivity index (χ2n) is 13.2. The first kappa shape index (κ1) is 41.5. The Balaban J connectivity index is 1.62. The summed E-state index contributed by atoms with van der Waals surface area (Å²) in [4.78, 5) is 40.8. The number of ether oxygens (including phenoxy) is 6. The molecule has 2 N–H and O–H groups in total. The number of rotatable bonds is 26. The Bertz CT molecular complexity index is 998. The van der Waals surface area contributed by atoms with E-state index in [0.29, 0.717) is 118 Å². The number of nitrogens with one attached hydrogen (secondary N) is 2. The Labute approximate surface area is 286 Å². The van der Waals surface area contributed by atoms with Crippen LogP contribution >= 0.6 is 0 Å². The molecule has 2 aliphatic heterocycles. The molecule has 14 nitrogen and oxygen atoms in total. The maximum Gasteiger partial charge on any atom is 0.264 e. The number of carbonyl (C=O) groups is 3. The highest BCUT2D eigenvalue weighted by Crippen LogP contribution is 2.31. The van der Waals surface area contributed by atoms with E-state index in [2.05, 4.69) is 35.5 Å². The second-order valence-corrected chi connectivity index (χ2v) is 13.2. The zero-order valence-corrected chi connectivity index (χ0v) is 29.5. The van der Waals surface area contributed by atoms with Gasteiger partial charge in [0.15, 0.2) is 0 Å². The van der Waals surface area contributed by atoms with Crippen LogP contribution in [0.4, 0.5) is 0 Å². The molecule has 2 heterocycles.